The second kappa shape index (κ2) is 8.54. The topological polar surface area (TPSA) is 56.2 Å². The minimum absolute atomic E-state index is 0.182. The number of amides is 1. The van der Waals surface area contributed by atoms with Crippen LogP contribution in [0.15, 0.2) is 61.2 Å². The maximum absolute atomic E-state index is 11.3. The highest BCUT2D eigenvalue weighted by Crippen LogP contribution is 2.18. The third-order valence-corrected chi connectivity index (χ3v) is 4.22. The number of rotatable bonds is 8. The Hall–Kier alpha value is -2.79. The van der Waals surface area contributed by atoms with E-state index in [0.29, 0.717) is 31.1 Å². The number of hydrogen-bond donors (Lipinski definition) is 1. The van der Waals surface area contributed by atoms with Crippen LogP contribution in [-0.2, 0) is 17.8 Å². The molecule has 1 heterocycles. The van der Waals surface area contributed by atoms with Gasteiger partial charge in [-0.05, 0) is 42.5 Å². The first-order chi connectivity index (χ1) is 12.7. The van der Waals surface area contributed by atoms with Gasteiger partial charge >= 0.3 is 0 Å². The Bertz CT molecular complexity index is 903. The van der Waals surface area contributed by atoms with E-state index in [2.05, 4.69) is 21.4 Å². The summed E-state index contributed by atoms with van der Waals surface area (Å²) >= 11 is 5.89. The molecule has 6 heteroatoms. The second-order valence-electron chi connectivity index (χ2n) is 5.72. The number of hydrogen-bond acceptors (Lipinski definition) is 3. The number of halogens is 1. The lowest BCUT2D eigenvalue weighted by atomic mass is 10.3. The van der Waals surface area contributed by atoms with Crippen LogP contribution in [-0.4, -0.2) is 28.6 Å². The van der Waals surface area contributed by atoms with Gasteiger partial charge in [0.15, 0.2) is 0 Å². The van der Waals surface area contributed by atoms with Gasteiger partial charge in [0.1, 0.15) is 18.2 Å². The molecule has 0 radical (unpaired) electrons. The maximum Gasteiger partial charge on any atom is 0.243 e. The average Bonchev–Trinajstić information content (AvgIpc) is 3.01. The molecule has 5 nitrogen and oxygen atoms in total. The van der Waals surface area contributed by atoms with Crippen molar-refractivity contribution in [2.75, 3.05) is 13.2 Å². The summed E-state index contributed by atoms with van der Waals surface area (Å²) in [5.41, 5.74) is 1.99. The summed E-state index contributed by atoms with van der Waals surface area (Å²) in [4.78, 5) is 16.0. The van der Waals surface area contributed by atoms with Crippen molar-refractivity contribution in [1.29, 1.82) is 0 Å². The van der Waals surface area contributed by atoms with Crippen LogP contribution < -0.4 is 10.1 Å². The van der Waals surface area contributed by atoms with E-state index in [4.69, 9.17) is 16.3 Å². The third-order valence-electron chi connectivity index (χ3n) is 3.96. The second-order valence-corrected chi connectivity index (χ2v) is 6.15. The number of carbonyl (C=O) groups excluding carboxylic acids is 1. The van der Waals surface area contributed by atoms with Gasteiger partial charge in [-0.15, -0.1) is 0 Å². The van der Waals surface area contributed by atoms with Crippen molar-refractivity contribution < 1.29 is 9.53 Å². The highest BCUT2D eigenvalue weighted by Gasteiger charge is 2.10. The van der Waals surface area contributed by atoms with Crippen molar-refractivity contribution in [3.8, 4) is 5.75 Å². The van der Waals surface area contributed by atoms with Crippen LogP contribution in [0.3, 0.4) is 0 Å². The standard InChI is InChI=1S/C20H20ClN3O2/c1-2-20(25)22-12-11-19-23-17-5-3-4-6-18(17)24(19)13-14-26-16-9-7-15(21)8-10-16/h2-10H,1,11-14H2,(H,22,25). The number of aromatic nitrogens is 2. The summed E-state index contributed by atoms with van der Waals surface area (Å²) in [5, 5.41) is 3.47. The summed E-state index contributed by atoms with van der Waals surface area (Å²) in [5.74, 6) is 1.51. The molecule has 0 saturated heterocycles. The first kappa shape index (κ1) is 18.0. The summed E-state index contributed by atoms with van der Waals surface area (Å²) in [7, 11) is 0. The van der Waals surface area contributed by atoms with E-state index in [0.717, 1.165) is 22.6 Å². The number of nitrogens with one attached hydrogen (secondary N) is 1. The van der Waals surface area contributed by atoms with E-state index in [1.807, 2.05) is 36.4 Å². The number of nitrogens with zero attached hydrogens (tertiary/aromatic N) is 2. The molecule has 0 bridgehead atoms. The first-order valence-electron chi connectivity index (χ1n) is 8.40. The van der Waals surface area contributed by atoms with Crippen LogP contribution in [0, 0.1) is 0 Å². The Kier molecular flexibility index (Phi) is 5.92. The van der Waals surface area contributed by atoms with Crippen molar-refractivity contribution in [1.82, 2.24) is 14.9 Å². The first-order valence-corrected chi connectivity index (χ1v) is 8.78. The molecule has 0 aliphatic heterocycles. The van der Waals surface area contributed by atoms with Crippen molar-refractivity contribution in [2.24, 2.45) is 0 Å². The fraction of sp³-hybridized carbons (Fsp3) is 0.200. The van der Waals surface area contributed by atoms with Crippen molar-refractivity contribution in [2.45, 2.75) is 13.0 Å². The zero-order chi connectivity index (χ0) is 18.4. The van der Waals surface area contributed by atoms with Gasteiger partial charge in [-0.3, -0.25) is 4.79 Å². The molecule has 0 atom stereocenters. The summed E-state index contributed by atoms with van der Waals surface area (Å²) < 4.78 is 7.94. The Balaban J connectivity index is 1.70. The van der Waals surface area contributed by atoms with Crippen molar-refractivity contribution >= 4 is 28.5 Å². The van der Waals surface area contributed by atoms with Gasteiger partial charge in [-0.1, -0.05) is 30.3 Å². The smallest absolute Gasteiger partial charge is 0.243 e. The van der Waals surface area contributed by atoms with Crippen LogP contribution >= 0.6 is 11.6 Å². The Morgan fingerprint density at radius 2 is 2.00 bits per heavy atom. The lowest BCUT2D eigenvalue weighted by molar-refractivity contribution is -0.116. The van der Waals surface area contributed by atoms with Gasteiger partial charge in [-0.25, -0.2) is 4.98 Å². The van der Waals surface area contributed by atoms with Gasteiger partial charge in [0, 0.05) is 18.0 Å². The highest BCUT2D eigenvalue weighted by atomic mass is 35.5. The lowest BCUT2D eigenvalue weighted by Gasteiger charge is -2.11. The van der Waals surface area contributed by atoms with Gasteiger partial charge in [0.25, 0.3) is 0 Å². The number of carbonyl (C=O) groups is 1. The van der Waals surface area contributed by atoms with Crippen LogP contribution in [0.4, 0.5) is 0 Å². The largest absolute Gasteiger partial charge is 0.492 e. The molecule has 1 aromatic heterocycles. The van der Waals surface area contributed by atoms with E-state index in [-0.39, 0.29) is 5.91 Å². The number of imidazole rings is 1. The Morgan fingerprint density at radius 1 is 1.23 bits per heavy atom. The molecule has 2 aromatic carbocycles. The zero-order valence-electron chi connectivity index (χ0n) is 14.3. The lowest BCUT2D eigenvalue weighted by Crippen LogP contribution is -2.24. The summed E-state index contributed by atoms with van der Waals surface area (Å²) in [6.07, 6.45) is 1.90. The summed E-state index contributed by atoms with van der Waals surface area (Å²) in [6, 6.07) is 15.3. The molecule has 0 saturated carbocycles. The molecule has 1 N–H and O–H groups in total. The van der Waals surface area contributed by atoms with E-state index >= 15 is 0 Å². The molecule has 3 aromatic rings. The molecule has 0 fully saturated rings. The molecule has 1 amide bonds. The maximum atomic E-state index is 11.3. The molecule has 134 valence electrons. The molecular weight excluding hydrogens is 350 g/mol. The van der Waals surface area contributed by atoms with Gasteiger partial charge in [0.05, 0.1) is 17.6 Å². The van der Waals surface area contributed by atoms with Crippen molar-refractivity contribution in [3.63, 3.8) is 0 Å². The summed E-state index contributed by atoms with van der Waals surface area (Å²) in [6.45, 7) is 5.13. The zero-order valence-corrected chi connectivity index (χ0v) is 15.1. The van der Waals surface area contributed by atoms with Crippen LogP contribution in [0.25, 0.3) is 11.0 Å². The molecule has 3 rings (SSSR count). The van der Waals surface area contributed by atoms with E-state index < -0.39 is 0 Å². The van der Waals surface area contributed by atoms with Gasteiger partial charge in [-0.2, -0.15) is 0 Å². The molecule has 0 spiro atoms. The van der Waals surface area contributed by atoms with E-state index in [1.165, 1.54) is 6.08 Å². The number of ether oxygens (including phenoxy) is 1. The molecular formula is C20H20ClN3O2. The molecule has 26 heavy (non-hydrogen) atoms. The average molecular weight is 370 g/mol. The monoisotopic (exact) mass is 369 g/mol. The minimum atomic E-state index is -0.182. The van der Waals surface area contributed by atoms with E-state index in [1.54, 1.807) is 12.1 Å². The van der Waals surface area contributed by atoms with Gasteiger partial charge < -0.3 is 14.6 Å². The number of para-hydroxylation sites is 2. The highest BCUT2D eigenvalue weighted by molar-refractivity contribution is 6.30. The van der Waals surface area contributed by atoms with Crippen LogP contribution in [0.1, 0.15) is 5.82 Å². The molecule has 0 aliphatic rings. The Labute approximate surface area is 157 Å². The number of benzene rings is 2. The van der Waals surface area contributed by atoms with E-state index in [9.17, 15) is 4.79 Å². The molecule has 0 aliphatic carbocycles. The minimum Gasteiger partial charge on any atom is -0.492 e. The predicted octanol–water partition coefficient (Wildman–Crippen LogP) is 3.61. The SMILES string of the molecule is C=CC(=O)NCCc1nc2ccccc2n1CCOc1ccc(Cl)cc1. The third kappa shape index (κ3) is 4.43. The Morgan fingerprint density at radius 3 is 2.77 bits per heavy atom. The predicted molar refractivity (Wildman–Crippen MR) is 104 cm³/mol. The molecule has 0 unspecified atom stereocenters. The van der Waals surface area contributed by atoms with Crippen molar-refractivity contribution in [3.05, 3.63) is 72.0 Å². The fourth-order valence-electron chi connectivity index (χ4n) is 2.72. The van der Waals surface area contributed by atoms with Crippen LogP contribution in [0.2, 0.25) is 5.02 Å². The number of fused-ring (bicyclic) bond motifs is 1. The van der Waals surface area contributed by atoms with Gasteiger partial charge in [0.2, 0.25) is 5.91 Å². The fourth-order valence-corrected chi connectivity index (χ4v) is 2.85. The van der Waals surface area contributed by atoms with Crippen LogP contribution in [0.5, 0.6) is 5.75 Å². The normalized spacial score (nSPS) is 10.7. The quantitative estimate of drug-likeness (QED) is 0.617.